The lowest BCUT2D eigenvalue weighted by Gasteiger charge is -2.41. The van der Waals surface area contributed by atoms with E-state index in [9.17, 15) is 0 Å². The molecule has 21 heavy (non-hydrogen) atoms. The number of benzene rings is 1. The summed E-state index contributed by atoms with van der Waals surface area (Å²) in [6.45, 7) is 9.48. The van der Waals surface area contributed by atoms with Crippen LogP contribution in [0.25, 0.3) is 0 Å². The van der Waals surface area contributed by atoms with Crippen molar-refractivity contribution in [3.05, 3.63) is 29.8 Å². The van der Waals surface area contributed by atoms with Gasteiger partial charge in [-0.1, -0.05) is 19.1 Å². The van der Waals surface area contributed by atoms with Gasteiger partial charge in [-0.15, -0.1) is 0 Å². The minimum absolute atomic E-state index is 0.439. The molecule has 0 spiro atoms. The summed E-state index contributed by atoms with van der Waals surface area (Å²) in [5.74, 6) is 1.62. The van der Waals surface area contributed by atoms with Crippen molar-refractivity contribution in [1.82, 2.24) is 4.90 Å². The van der Waals surface area contributed by atoms with Crippen molar-refractivity contribution in [1.29, 1.82) is 0 Å². The number of piperidine rings is 1. The number of ether oxygens (including phenoxy) is 1. The molecule has 118 valence electrons. The van der Waals surface area contributed by atoms with Crippen LogP contribution in [0, 0.1) is 5.92 Å². The molecule has 0 aliphatic carbocycles. The minimum Gasteiger partial charge on any atom is -0.494 e. The van der Waals surface area contributed by atoms with Crippen molar-refractivity contribution >= 4 is 0 Å². The van der Waals surface area contributed by atoms with Crippen molar-refractivity contribution < 1.29 is 4.74 Å². The van der Waals surface area contributed by atoms with Gasteiger partial charge >= 0.3 is 0 Å². The van der Waals surface area contributed by atoms with Crippen LogP contribution in [-0.2, 0) is 0 Å². The fourth-order valence-electron chi connectivity index (χ4n) is 3.20. The van der Waals surface area contributed by atoms with E-state index in [4.69, 9.17) is 10.5 Å². The highest BCUT2D eigenvalue weighted by Crippen LogP contribution is 2.31. The first-order chi connectivity index (χ1) is 10.2. The van der Waals surface area contributed by atoms with E-state index < -0.39 is 0 Å². The van der Waals surface area contributed by atoms with Gasteiger partial charge in [-0.3, -0.25) is 4.90 Å². The summed E-state index contributed by atoms with van der Waals surface area (Å²) < 4.78 is 5.66. The highest BCUT2D eigenvalue weighted by Gasteiger charge is 2.28. The second-order valence-corrected chi connectivity index (χ2v) is 6.32. The Morgan fingerprint density at radius 1 is 1.29 bits per heavy atom. The zero-order chi connectivity index (χ0) is 15.2. The summed E-state index contributed by atoms with van der Waals surface area (Å²) in [5.41, 5.74) is 7.24. The van der Waals surface area contributed by atoms with Crippen LogP contribution in [0.15, 0.2) is 24.3 Å². The van der Waals surface area contributed by atoms with Gasteiger partial charge in [0, 0.05) is 18.6 Å². The highest BCUT2D eigenvalue weighted by atomic mass is 16.5. The van der Waals surface area contributed by atoms with Crippen LogP contribution in [0.3, 0.4) is 0 Å². The number of hydrogen-bond donors (Lipinski definition) is 1. The molecule has 2 N–H and O–H groups in total. The second kappa shape index (κ2) is 7.81. The van der Waals surface area contributed by atoms with Gasteiger partial charge in [0.05, 0.1) is 6.61 Å². The normalized spacial score (nSPS) is 24.8. The molecule has 1 saturated heterocycles. The fourth-order valence-corrected chi connectivity index (χ4v) is 3.20. The van der Waals surface area contributed by atoms with Crippen molar-refractivity contribution in [2.75, 3.05) is 19.7 Å². The molecule has 3 atom stereocenters. The molecule has 3 unspecified atom stereocenters. The van der Waals surface area contributed by atoms with Gasteiger partial charge in [0.1, 0.15) is 5.75 Å². The average Bonchev–Trinajstić information content (AvgIpc) is 2.53. The van der Waals surface area contributed by atoms with Gasteiger partial charge < -0.3 is 10.5 Å². The third kappa shape index (κ3) is 4.21. The molecule has 1 aliphatic rings. The summed E-state index contributed by atoms with van der Waals surface area (Å²) in [5, 5.41) is 0. The number of nitrogens with two attached hydrogens (primary N) is 1. The van der Waals surface area contributed by atoms with Gasteiger partial charge in [0.25, 0.3) is 0 Å². The van der Waals surface area contributed by atoms with Crippen molar-refractivity contribution in [2.45, 2.75) is 52.1 Å². The van der Waals surface area contributed by atoms with Crippen LogP contribution in [0.5, 0.6) is 5.75 Å². The van der Waals surface area contributed by atoms with Crippen LogP contribution in [0.4, 0.5) is 0 Å². The maximum Gasteiger partial charge on any atom is 0.119 e. The molecule has 0 radical (unpaired) electrons. The zero-order valence-electron chi connectivity index (χ0n) is 13.7. The van der Waals surface area contributed by atoms with Crippen LogP contribution in [-0.4, -0.2) is 30.6 Å². The van der Waals surface area contributed by atoms with E-state index in [0.717, 1.165) is 31.9 Å². The number of hydrogen-bond acceptors (Lipinski definition) is 3. The Balaban J connectivity index is 2.02. The molecule has 1 aromatic carbocycles. The predicted molar refractivity (Wildman–Crippen MR) is 88.6 cm³/mol. The van der Waals surface area contributed by atoms with Gasteiger partial charge in [-0.05, 0) is 63.3 Å². The largest absolute Gasteiger partial charge is 0.494 e. The predicted octanol–water partition coefficient (Wildman–Crippen LogP) is 3.60. The molecule has 0 bridgehead atoms. The summed E-state index contributed by atoms with van der Waals surface area (Å²) in [7, 11) is 0. The molecule has 1 fully saturated rings. The second-order valence-electron chi connectivity index (χ2n) is 6.32. The lowest BCUT2D eigenvalue weighted by atomic mass is 9.91. The zero-order valence-corrected chi connectivity index (χ0v) is 13.7. The van der Waals surface area contributed by atoms with Gasteiger partial charge in [-0.25, -0.2) is 0 Å². The van der Waals surface area contributed by atoms with Crippen LogP contribution in [0.1, 0.15) is 51.6 Å². The molecule has 0 amide bonds. The standard InChI is InChI=1S/C18H30N2O/c1-4-11-21-18-9-7-17(8-10-18)15(3)20-13-16(12-19)6-5-14(20)2/h7-10,14-16H,4-6,11-13,19H2,1-3H3. The van der Waals surface area contributed by atoms with Crippen LogP contribution < -0.4 is 10.5 Å². The summed E-state index contributed by atoms with van der Waals surface area (Å²) in [6, 6.07) is 9.67. The van der Waals surface area contributed by atoms with Gasteiger partial charge in [0.15, 0.2) is 0 Å². The van der Waals surface area contributed by atoms with E-state index >= 15 is 0 Å². The first-order valence-corrected chi connectivity index (χ1v) is 8.34. The molecular formula is C18H30N2O. The maximum absolute atomic E-state index is 5.87. The van der Waals surface area contributed by atoms with E-state index in [-0.39, 0.29) is 0 Å². The van der Waals surface area contributed by atoms with Gasteiger partial charge in [-0.2, -0.15) is 0 Å². The van der Waals surface area contributed by atoms with E-state index in [1.54, 1.807) is 0 Å². The molecule has 1 aromatic rings. The Morgan fingerprint density at radius 2 is 2.00 bits per heavy atom. The molecule has 0 aromatic heterocycles. The Morgan fingerprint density at radius 3 is 2.62 bits per heavy atom. The van der Waals surface area contributed by atoms with E-state index in [2.05, 4.69) is 49.9 Å². The lowest BCUT2D eigenvalue weighted by Crippen LogP contribution is -2.44. The Kier molecular flexibility index (Phi) is 6.07. The summed E-state index contributed by atoms with van der Waals surface area (Å²) in [4.78, 5) is 2.60. The van der Waals surface area contributed by atoms with Crippen LogP contribution >= 0.6 is 0 Å². The summed E-state index contributed by atoms with van der Waals surface area (Å²) in [6.07, 6.45) is 3.57. The Labute approximate surface area is 129 Å². The quantitative estimate of drug-likeness (QED) is 0.870. The molecule has 3 heteroatoms. The molecule has 1 heterocycles. The maximum atomic E-state index is 5.87. The fraction of sp³-hybridized carbons (Fsp3) is 0.667. The third-order valence-corrected chi connectivity index (χ3v) is 4.69. The van der Waals surface area contributed by atoms with Gasteiger partial charge in [0.2, 0.25) is 0 Å². The SMILES string of the molecule is CCCOc1ccc(C(C)N2CC(CN)CCC2C)cc1. The van der Waals surface area contributed by atoms with Crippen LogP contribution in [0.2, 0.25) is 0 Å². The Hall–Kier alpha value is -1.06. The first kappa shape index (κ1) is 16.3. The summed E-state index contributed by atoms with van der Waals surface area (Å²) >= 11 is 0. The number of nitrogens with zero attached hydrogens (tertiary/aromatic N) is 1. The first-order valence-electron chi connectivity index (χ1n) is 8.34. The average molecular weight is 290 g/mol. The van der Waals surface area contributed by atoms with Crippen molar-refractivity contribution in [3.8, 4) is 5.75 Å². The molecule has 3 nitrogen and oxygen atoms in total. The van der Waals surface area contributed by atoms with Crippen molar-refractivity contribution in [3.63, 3.8) is 0 Å². The highest BCUT2D eigenvalue weighted by molar-refractivity contribution is 5.29. The van der Waals surface area contributed by atoms with E-state index in [1.165, 1.54) is 18.4 Å². The van der Waals surface area contributed by atoms with Crippen molar-refractivity contribution in [2.24, 2.45) is 11.7 Å². The lowest BCUT2D eigenvalue weighted by molar-refractivity contribution is 0.0812. The number of likely N-dealkylation sites (tertiary alicyclic amines) is 1. The Bertz CT molecular complexity index is 418. The molecule has 2 rings (SSSR count). The smallest absolute Gasteiger partial charge is 0.119 e. The van der Waals surface area contributed by atoms with E-state index in [0.29, 0.717) is 18.0 Å². The molecular weight excluding hydrogens is 260 g/mol. The third-order valence-electron chi connectivity index (χ3n) is 4.69. The molecule has 0 saturated carbocycles. The minimum atomic E-state index is 0.439. The molecule has 1 aliphatic heterocycles. The topological polar surface area (TPSA) is 38.5 Å². The van der Waals surface area contributed by atoms with E-state index in [1.807, 2.05) is 0 Å². The number of rotatable bonds is 6. The monoisotopic (exact) mass is 290 g/mol.